The van der Waals surface area contributed by atoms with Crippen molar-refractivity contribution in [3.63, 3.8) is 0 Å². The van der Waals surface area contributed by atoms with Crippen molar-refractivity contribution >= 4 is 5.97 Å². The minimum Gasteiger partial charge on any atom is -0.496 e. The molecule has 1 aromatic carbocycles. The third-order valence-electron chi connectivity index (χ3n) is 4.31. The van der Waals surface area contributed by atoms with Crippen molar-refractivity contribution in [3.05, 3.63) is 32.4 Å². The molecule has 1 unspecified atom stereocenters. The van der Waals surface area contributed by atoms with Crippen LogP contribution in [0.4, 0.5) is 0 Å². The van der Waals surface area contributed by atoms with Gasteiger partial charge in [-0.25, -0.2) is 0 Å². The maximum atomic E-state index is 12.1. The lowest BCUT2D eigenvalue weighted by Gasteiger charge is -2.25. The predicted molar refractivity (Wildman–Crippen MR) is 95.3 cm³/mol. The zero-order chi connectivity index (χ0) is 19.9. The second-order valence-electron chi connectivity index (χ2n) is 6.00. The van der Waals surface area contributed by atoms with Gasteiger partial charge < -0.3 is 19.0 Å². The highest BCUT2D eigenvalue weighted by Crippen LogP contribution is 2.42. The highest BCUT2D eigenvalue weighted by atomic mass is 16.9. The first-order valence-corrected chi connectivity index (χ1v) is 8.42. The minimum atomic E-state index is -0.871. The number of methoxy groups -OCH3 is 2. The van der Waals surface area contributed by atoms with E-state index < -0.39 is 17.0 Å². The molecule has 1 aromatic rings. The molecule has 0 amide bonds. The molecular weight excluding hydrogens is 342 g/mol. The van der Waals surface area contributed by atoms with Crippen LogP contribution in [-0.2, 0) is 14.4 Å². The van der Waals surface area contributed by atoms with Gasteiger partial charge in [0.1, 0.15) is 18.1 Å². The fraction of sp³-hybridized carbons (Fsp3) is 0.611. The van der Waals surface area contributed by atoms with Crippen LogP contribution in [0.3, 0.4) is 0 Å². The average molecular weight is 369 g/mol. The molecule has 1 rings (SSSR count). The minimum absolute atomic E-state index is 0.0588. The number of esters is 1. The van der Waals surface area contributed by atoms with Gasteiger partial charge in [-0.1, -0.05) is 6.92 Å². The van der Waals surface area contributed by atoms with E-state index >= 15 is 0 Å². The molecule has 0 aromatic heterocycles. The monoisotopic (exact) mass is 369 g/mol. The summed E-state index contributed by atoms with van der Waals surface area (Å²) in [4.78, 5) is 27.4. The summed E-state index contributed by atoms with van der Waals surface area (Å²) < 4.78 is 16.2. The van der Waals surface area contributed by atoms with Crippen LogP contribution in [0.25, 0.3) is 0 Å². The fourth-order valence-electron chi connectivity index (χ4n) is 3.05. The number of hydrogen-bond donors (Lipinski definition) is 0. The summed E-state index contributed by atoms with van der Waals surface area (Å²) in [7, 11) is 3.08. The molecule has 0 heterocycles. The normalized spacial score (nSPS) is 11.6. The van der Waals surface area contributed by atoms with E-state index in [1.54, 1.807) is 7.11 Å². The van der Waals surface area contributed by atoms with Crippen LogP contribution in [0.15, 0.2) is 0 Å². The van der Waals surface area contributed by atoms with Crippen LogP contribution in [0.5, 0.6) is 11.5 Å². The zero-order valence-electron chi connectivity index (χ0n) is 16.2. The lowest BCUT2D eigenvalue weighted by molar-refractivity contribution is -0.758. The van der Waals surface area contributed by atoms with E-state index in [4.69, 9.17) is 14.2 Å². The van der Waals surface area contributed by atoms with Crippen molar-refractivity contribution in [1.29, 1.82) is 0 Å². The summed E-state index contributed by atoms with van der Waals surface area (Å²) >= 11 is 0. The van der Waals surface area contributed by atoms with Crippen LogP contribution in [0.1, 0.15) is 47.9 Å². The van der Waals surface area contributed by atoms with Crippen molar-refractivity contribution in [1.82, 2.24) is 0 Å². The van der Waals surface area contributed by atoms with Crippen molar-refractivity contribution in [2.24, 2.45) is 0 Å². The van der Waals surface area contributed by atoms with E-state index in [9.17, 15) is 14.9 Å². The Bertz CT molecular complexity index is 658. The third kappa shape index (κ3) is 5.00. The molecule has 0 saturated heterocycles. The Morgan fingerprint density at radius 1 is 1.08 bits per heavy atom. The molecule has 0 radical (unpaired) electrons. The molecule has 8 nitrogen and oxygen atoms in total. The number of ether oxygens (including phenoxy) is 3. The molecule has 0 aliphatic carbocycles. The Labute approximate surface area is 153 Å². The van der Waals surface area contributed by atoms with E-state index in [1.807, 2.05) is 27.7 Å². The van der Waals surface area contributed by atoms with E-state index in [0.29, 0.717) is 30.1 Å². The predicted octanol–water partition coefficient (Wildman–Crippen LogP) is 3.26. The number of nitrogens with zero attached hydrogens (tertiary/aromatic N) is 1. The van der Waals surface area contributed by atoms with E-state index in [0.717, 1.165) is 16.7 Å². The van der Waals surface area contributed by atoms with Crippen molar-refractivity contribution < 1.29 is 28.9 Å². The number of carbonyl (C=O) groups excluding carboxylic acids is 1. The summed E-state index contributed by atoms with van der Waals surface area (Å²) in [5.74, 6) is 0.183. The van der Waals surface area contributed by atoms with Gasteiger partial charge in [0.25, 0.3) is 5.09 Å². The highest BCUT2D eigenvalue weighted by Gasteiger charge is 2.28. The van der Waals surface area contributed by atoms with Crippen molar-refractivity contribution in [2.45, 2.75) is 46.5 Å². The molecule has 146 valence electrons. The summed E-state index contributed by atoms with van der Waals surface area (Å²) in [5.41, 5.74) is 3.17. The Morgan fingerprint density at radius 2 is 1.65 bits per heavy atom. The average Bonchev–Trinajstić information content (AvgIpc) is 2.60. The van der Waals surface area contributed by atoms with Crippen LogP contribution in [0.2, 0.25) is 0 Å². The first kappa shape index (κ1) is 21.5. The maximum absolute atomic E-state index is 12.1. The van der Waals surface area contributed by atoms with Gasteiger partial charge >= 0.3 is 5.97 Å². The van der Waals surface area contributed by atoms with Crippen LogP contribution in [-0.4, -0.2) is 38.5 Å². The highest BCUT2D eigenvalue weighted by molar-refractivity contribution is 5.71. The summed E-state index contributed by atoms with van der Waals surface area (Å²) in [6, 6.07) is 0. The van der Waals surface area contributed by atoms with Gasteiger partial charge in [-0.2, -0.15) is 0 Å². The topological polar surface area (TPSA) is 97.1 Å². The fourth-order valence-corrected chi connectivity index (χ4v) is 3.05. The van der Waals surface area contributed by atoms with Gasteiger partial charge in [-0.05, 0) is 43.9 Å². The molecule has 1 atom stereocenters. The Hall–Kier alpha value is -2.51. The van der Waals surface area contributed by atoms with Crippen LogP contribution in [0, 0.1) is 30.9 Å². The lowest BCUT2D eigenvalue weighted by atomic mass is 9.87. The van der Waals surface area contributed by atoms with E-state index in [2.05, 4.69) is 4.84 Å². The molecule has 26 heavy (non-hydrogen) atoms. The van der Waals surface area contributed by atoms with Gasteiger partial charge in [-0.15, -0.1) is 10.1 Å². The molecule has 0 aliphatic heterocycles. The Balaban J connectivity index is 3.40. The number of benzene rings is 1. The van der Waals surface area contributed by atoms with Crippen LogP contribution < -0.4 is 9.47 Å². The van der Waals surface area contributed by atoms with Gasteiger partial charge in [0, 0.05) is 11.5 Å². The first-order chi connectivity index (χ1) is 12.3. The zero-order valence-corrected chi connectivity index (χ0v) is 16.2. The van der Waals surface area contributed by atoms with Gasteiger partial charge in [0.2, 0.25) is 0 Å². The third-order valence-corrected chi connectivity index (χ3v) is 4.31. The molecule has 0 N–H and O–H groups in total. The standard InChI is InChI=1S/C18H27NO7/c1-7-8-25-15(20)9-14(10-26-19(21)22)16-13(4)17(23-5)11(2)12(3)18(16)24-6/h14H,7-10H2,1-6H3. The summed E-state index contributed by atoms with van der Waals surface area (Å²) in [5, 5.41) is 9.82. The molecule has 0 aliphatic rings. The smallest absolute Gasteiger partial charge is 0.306 e. The molecule has 0 saturated carbocycles. The Morgan fingerprint density at radius 3 is 2.15 bits per heavy atom. The van der Waals surface area contributed by atoms with E-state index in [1.165, 1.54) is 7.11 Å². The SMILES string of the molecule is CCCOC(=O)CC(CO[N+](=O)[O-])c1c(C)c(OC)c(C)c(C)c1OC. The maximum Gasteiger partial charge on any atom is 0.306 e. The lowest BCUT2D eigenvalue weighted by Crippen LogP contribution is -2.19. The van der Waals surface area contributed by atoms with Gasteiger partial charge in [0.15, 0.2) is 0 Å². The van der Waals surface area contributed by atoms with Crippen LogP contribution >= 0.6 is 0 Å². The molecule has 8 heteroatoms. The quantitative estimate of drug-likeness (QED) is 0.355. The molecular formula is C18H27NO7. The number of hydrogen-bond acceptors (Lipinski definition) is 7. The van der Waals surface area contributed by atoms with Gasteiger partial charge in [-0.3, -0.25) is 4.79 Å². The molecule has 0 spiro atoms. The largest absolute Gasteiger partial charge is 0.496 e. The van der Waals surface area contributed by atoms with Crippen molar-refractivity contribution in [2.75, 3.05) is 27.4 Å². The summed E-state index contributed by atoms with van der Waals surface area (Å²) in [6.45, 7) is 7.53. The first-order valence-electron chi connectivity index (χ1n) is 8.42. The molecule has 0 bridgehead atoms. The van der Waals surface area contributed by atoms with Crippen molar-refractivity contribution in [3.8, 4) is 11.5 Å². The molecule has 0 fully saturated rings. The Kier molecular flexibility index (Phi) is 8.15. The number of carbonyl (C=O) groups is 1. The van der Waals surface area contributed by atoms with Gasteiger partial charge in [0.05, 0.1) is 27.2 Å². The second kappa shape index (κ2) is 9.84. The van der Waals surface area contributed by atoms with E-state index in [-0.39, 0.29) is 13.0 Å². The summed E-state index contributed by atoms with van der Waals surface area (Å²) in [6.07, 6.45) is 0.637. The number of rotatable bonds is 10. The second-order valence-corrected chi connectivity index (χ2v) is 6.00.